The molecule has 0 spiro atoms. The van der Waals surface area contributed by atoms with Crippen LogP contribution in [0.15, 0.2) is 71.3 Å². The first-order valence-electron chi connectivity index (χ1n) is 7.70. The van der Waals surface area contributed by atoms with Crippen LogP contribution < -0.4 is 10.6 Å². The summed E-state index contributed by atoms with van der Waals surface area (Å²) >= 11 is 0. The minimum Gasteiger partial charge on any atom is -0.467 e. The van der Waals surface area contributed by atoms with Crippen molar-refractivity contribution in [2.24, 2.45) is 0 Å². The zero-order valence-corrected chi connectivity index (χ0v) is 13.2. The zero-order chi connectivity index (χ0) is 17.6. The van der Waals surface area contributed by atoms with E-state index in [2.05, 4.69) is 10.6 Å². The lowest BCUT2D eigenvalue weighted by Crippen LogP contribution is -2.31. The molecule has 4 nitrogen and oxygen atoms in total. The van der Waals surface area contributed by atoms with Gasteiger partial charge in [0.1, 0.15) is 5.76 Å². The Morgan fingerprint density at radius 3 is 2.48 bits per heavy atom. The van der Waals surface area contributed by atoms with Gasteiger partial charge in [0.05, 0.1) is 18.8 Å². The zero-order valence-electron chi connectivity index (χ0n) is 13.2. The molecule has 0 fully saturated rings. The van der Waals surface area contributed by atoms with E-state index in [-0.39, 0.29) is 24.2 Å². The number of hydrogen-bond donors (Lipinski definition) is 2. The SMILES string of the molecule is O=C(CN[C@@H](c1ccccc1)c1ccco1)Nc1ccc(F)c(F)c1. The Hall–Kier alpha value is -2.99. The lowest BCUT2D eigenvalue weighted by atomic mass is 10.0. The van der Waals surface area contributed by atoms with Crippen molar-refractivity contribution in [3.05, 3.63) is 89.9 Å². The normalized spacial score (nSPS) is 11.9. The van der Waals surface area contributed by atoms with Crippen molar-refractivity contribution in [1.82, 2.24) is 5.32 Å². The number of hydrogen-bond acceptors (Lipinski definition) is 3. The fourth-order valence-electron chi connectivity index (χ4n) is 2.46. The van der Waals surface area contributed by atoms with E-state index in [1.807, 2.05) is 36.4 Å². The van der Waals surface area contributed by atoms with E-state index in [4.69, 9.17) is 4.42 Å². The maximum atomic E-state index is 13.2. The average Bonchev–Trinajstić information content (AvgIpc) is 3.14. The Morgan fingerprint density at radius 2 is 1.80 bits per heavy atom. The number of nitrogens with one attached hydrogen (secondary N) is 2. The lowest BCUT2D eigenvalue weighted by Gasteiger charge is -2.17. The Bertz CT molecular complexity index is 836. The molecule has 1 aromatic heterocycles. The number of rotatable bonds is 6. The lowest BCUT2D eigenvalue weighted by molar-refractivity contribution is -0.115. The summed E-state index contributed by atoms with van der Waals surface area (Å²) in [6, 6.07) is 16.0. The highest BCUT2D eigenvalue weighted by molar-refractivity contribution is 5.92. The molecule has 25 heavy (non-hydrogen) atoms. The molecule has 0 unspecified atom stereocenters. The first kappa shape index (κ1) is 16.9. The third-order valence-corrected chi connectivity index (χ3v) is 3.63. The van der Waals surface area contributed by atoms with Crippen LogP contribution in [0.3, 0.4) is 0 Å². The van der Waals surface area contributed by atoms with Gasteiger partial charge in [0.15, 0.2) is 11.6 Å². The summed E-state index contributed by atoms with van der Waals surface area (Å²) in [6.45, 7) is -0.0285. The molecule has 0 saturated heterocycles. The quantitative estimate of drug-likeness (QED) is 0.715. The Kier molecular flexibility index (Phi) is 5.20. The van der Waals surface area contributed by atoms with Crippen LogP contribution >= 0.6 is 0 Å². The first-order chi connectivity index (χ1) is 12.1. The summed E-state index contributed by atoms with van der Waals surface area (Å²) in [6.07, 6.45) is 1.56. The second-order valence-corrected chi connectivity index (χ2v) is 5.42. The van der Waals surface area contributed by atoms with Gasteiger partial charge in [-0.05, 0) is 29.8 Å². The van der Waals surface area contributed by atoms with E-state index in [0.717, 1.165) is 17.7 Å². The van der Waals surface area contributed by atoms with Gasteiger partial charge in [-0.25, -0.2) is 8.78 Å². The Labute approximate surface area is 143 Å². The molecule has 2 aromatic carbocycles. The molecule has 3 aromatic rings. The van der Waals surface area contributed by atoms with Crippen molar-refractivity contribution in [3.8, 4) is 0 Å². The fourth-order valence-corrected chi connectivity index (χ4v) is 2.46. The van der Waals surface area contributed by atoms with Gasteiger partial charge < -0.3 is 9.73 Å². The van der Waals surface area contributed by atoms with Gasteiger partial charge >= 0.3 is 0 Å². The van der Waals surface area contributed by atoms with Crippen LogP contribution in [-0.4, -0.2) is 12.5 Å². The molecule has 0 saturated carbocycles. The fraction of sp³-hybridized carbons (Fsp3) is 0.105. The highest BCUT2D eigenvalue weighted by Gasteiger charge is 2.17. The van der Waals surface area contributed by atoms with Crippen LogP contribution in [-0.2, 0) is 4.79 Å². The molecule has 0 radical (unpaired) electrons. The van der Waals surface area contributed by atoms with E-state index in [0.29, 0.717) is 5.76 Å². The van der Waals surface area contributed by atoms with E-state index >= 15 is 0 Å². The average molecular weight is 342 g/mol. The summed E-state index contributed by atoms with van der Waals surface area (Å²) in [7, 11) is 0. The number of carbonyl (C=O) groups is 1. The number of furan rings is 1. The molecule has 128 valence electrons. The molecule has 1 atom stereocenters. The highest BCUT2D eigenvalue weighted by Crippen LogP contribution is 2.22. The smallest absolute Gasteiger partial charge is 0.238 e. The maximum absolute atomic E-state index is 13.2. The predicted octanol–water partition coefficient (Wildman–Crippen LogP) is 3.88. The molecule has 0 bridgehead atoms. The van der Waals surface area contributed by atoms with E-state index in [9.17, 15) is 13.6 Å². The van der Waals surface area contributed by atoms with Gasteiger partial charge in [-0.3, -0.25) is 10.1 Å². The topological polar surface area (TPSA) is 54.3 Å². The molecule has 3 rings (SSSR count). The third kappa shape index (κ3) is 4.30. The van der Waals surface area contributed by atoms with Crippen LogP contribution in [0.5, 0.6) is 0 Å². The van der Waals surface area contributed by atoms with E-state index in [1.165, 1.54) is 6.07 Å². The summed E-state index contributed by atoms with van der Waals surface area (Å²) in [5, 5.41) is 5.63. The largest absolute Gasteiger partial charge is 0.467 e. The van der Waals surface area contributed by atoms with E-state index < -0.39 is 11.6 Å². The van der Waals surface area contributed by atoms with Crippen molar-refractivity contribution < 1.29 is 18.0 Å². The van der Waals surface area contributed by atoms with Gasteiger partial charge in [0.2, 0.25) is 5.91 Å². The third-order valence-electron chi connectivity index (χ3n) is 3.63. The van der Waals surface area contributed by atoms with Gasteiger partial charge in [0.25, 0.3) is 0 Å². The Morgan fingerprint density at radius 1 is 1.00 bits per heavy atom. The predicted molar refractivity (Wildman–Crippen MR) is 90.0 cm³/mol. The van der Waals surface area contributed by atoms with Crippen LogP contribution in [0.25, 0.3) is 0 Å². The van der Waals surface area contributed by atoms with Crippen molar-refractivity contribution >= 4 is 11.6 Å². The number of anilines is 1. The summed E-state index contributed by atoms with van der Waals surface area (Å²) in [5.41, 5.74) is 1.14. The molecule has 0 aliphatic rings. The second-order valence-electron chi connectivity index (χ2n) is 5.42. The van der Waals surface area contributed by atoms with Crippen molar-refractivity contribution in [3.63, 3.8) is 0 Å². The second kappa shape index (κ2) is 7.72. The van der Waals surface area contributed by atoms with Crippen LogP contribution in [0.4, 0.5) is 14.5 Å². The minimum absolute atomic E-state index is 0.0285. The molecule has 0 aliphatic carbocycles. The molecule has 6 heteroatoms. The number of halogens is 2. The Balaban J connectivity index is 1.66. The molecule has 1 heterocycles. The number of carbonyl (C=O) groups excluding carboxylic acids is 1. The van der Waals surface area contributed by atoms with Crippen molar-refractivity contribution in [2.75, 3.05) is 11.9 Å². The van der Waals surface area contributed by atoms with Gasteiger partial charge in [-0.1, -0.05) is 30.3 Å². The number of amides is 1. The van der Waals surface area contributed by atoms with Crippen LogP contribution in [0.2, 0.25) is 0 Å². The number of benzene rings is 2. The summed E-state index contributed by atoms with van der Waals surface area (Å²) in [4.78, 5) is 12.1. The molecule has 0 aliphatic heterocycles. The van der Waals surface area contributed by atoms with Crippen molar-refractivity contribution in [2.45, 2.75) is 6.04 Å². The summed E-state index contributed by atoms with van der Waals surface area (Å²) < 4.78 is 31.6. The molecular weight excluding hydrogens is 326 g/mol. The van der Waals surface area contributed by atoms with Gasteiger partial charge in [-0.2, -0.15) is 0 Å². The monoisotopic (exact) mass is 342 g/mol. The van der Waals surface area contributed by atoms with Crippen LogP contribution in [0.1, 0.15) is 17.4 Å². The maximum Gasteiger partial charge on any atom is 0.238 e. The van der Waals surface area contributed by atoms with Gasteiger partial charge in [0, 0.05) is 11.8 Å². The van der Waals surface area contributed by atoms with Crippen LogP contribution in [0, 0.1) is 11.6 Å². The molecular formula is C19H16F2N2O2. The molecule has 2 N–H and O–H groups in total. The highest BCUT2D eigenvalue weighted by atomic mass is 19.2. The van der Waals surface area contributed by atoms with Crippen molar-refractivity contribution in [1.29, 1.82) is 0 Å². The van der Waals surface area contributed by atoms with E-state index in [1.54, 1.807) is 12.3 Å². The molecule has 1 amide bonds. The minimum atomic E-state index is -1.01. The standard InChI is InChI=1S/C19H16F2N2O2/c20-15-9-8-14(11-16(15)21)23-18(24)12-22-19(17-7-4-10-25-17)13-5-2-1-3-6-13/h1-11,19,22H,12H2,(H,23,24)/t19-/m0/s1. The first-order valence-corrected chi connectivity index (χ1v) is 7.70. The van der Waals surface area contributed by atoms with Gasteiger partial charge in [-0.15, -0.1) is 0 Å². The summed E-state index contributed by atoms with van der Waals surface area (Å²) in [5.74, 6) is -1.67.